The third-order valence-electron chi connectivity index (χ3n) is 3.85. The molecular formula is C17H26N4. The van der Waals surface area contributed by atoms with Crippen LogP contribution in [0.3, 0.4) is 0 Å². The number of anilines is 2. The van der Waals surface area contributed by atoms with Crippen molar-refractivity contribution in [1.82, 2.24) is 9.97 Å². The summed E-state index contributed by atoms with van der Waals surface area (Å²) in [6.07, 6.45) is 2.16. The highest BCUT2D eigenvalue weighted by Gasteiger charge is 2.17. The first-order valence-electron chi connectivity index (χ1n) is 7.98. The zero-order chi connectivity index (χ0) is 15.2. The number of nitrogens with zero attached hydrogens (tertiary/aromatic N) is 3. The quantitative estimate of drug-likeness (QED) is 0.832. The van der Waals surface area contributed by atoms with Crippen molar-refractivity contribution in [2.75, 3.05) is 23.3 Å². The van der Waals surface area contributed by atoms with Crippen LogP contribution in [0.2, 0.25) is 0 Å². The molecule has 2 rings (SSSR count). The first-order chi connectivity index (χ1) is 10.2. The molecule has 0 saturated carbocycles. The molecule has 1 atom stereocenters. The molecule has 1 N–H and O–H groups in total. The summed E-state index contributed by atoms with van der Waals surface area (Å²) in [6, 6.07) is 8.72. The first-order valence-corrected chi connectivity index (χ1v) is 7.98. The minimum absolute atomic E-state index is 0.465. The Morgan fingerprint density at radius 3 is 2.57 bits per heavy atom. The summed E-state index contributed by atoms with van der Waals surface area (Å²) in [5.74, 6) is 1.77. The largest absolute Gasteiger partial charge is 0.354 e. The van der Waals surface area contributed by atoms with Gasteiger partial charge in [-0.1, -0.05) is 26.0 Å². The monoisotopic (exact) mass is 286 g/mol. The molecule has 1 unspecified atom stereocenters. The highest BCUT2D eigenvalue weighted by molar-refractivity contribution is 5.90. The number of rotatable bonds is 7. The normalized spacial score (nSPS) is 12.4. The minimum atomic E-state index is 0.465. The Labute approximate surface area is 127 Å². The molecule has 4 heteroatoms. The molecular weight excluding hydrogens is 260 g/mol. The summed E-state index contributed by atoms with van der Waals surface area (Å²) in [7, 11) is 0. The van der Waals surface area contributed by atoms with Crippen molar-refractivity contribution in [2.24, 2.45) is 0 Å². The van der Waals surface area contributed by atoms with Crippen molar-refractivity contribution in [3.05, 3.63) is 24.3 Å². The topological polar surface area (TPSA) is 41.1 Å². The third-order valence-corrected chi connectivity index (χ3v) is 3.85. The maximum atomic E-state index is 4.78. The van der Waals surface area contributed by atoms with Crippen molar-refractivity contribution in [3.8, 4) is 0 Å². The Balaban J connectivity index is 2.52. The number of aromatic nitrogens is 2. The molecule has 114 valence electrons. The van der Waals surface area contributed by atoms with Gasteiger partial charge in [-0.25, -0.2) is 4.98 Å². The van der Waals surface area contributed by atoms with E-state index in [1.165, 1.54) is 0 Å². The van der Waals surface area contributed by atoms with E-state index in [1.54, 1.807) is 0 Å². The molecule has 2 aromatic rings. The molecule has 0 spiro atoms. The van der Waals surface area contributed by atoms with E-state index >= 15 is 0 Å². The van der Waals surface area contributed by atoms with Gasteiger partial charge in [0.05, 0.1) is 5.52 Å². The smallest absolute Gasteiger partial charge is 0.225 e. The lowest BCUT2D eigenvalue weighted by Crippen LogP contribution is -2.33. The van der Waals surface area contributed by atoms with Crippen molar-refractivity contribution in [2.45, 2.75) is 46.6 Å². The van der Waals surface area contributed by atoms with Crippen LogP contribution < -0.4 is 10.2 Å². The second-order valence-corrected chi connectivity index (χ2v) is 5.36. The van der Waals surface area contributed by atoms with Gasteiger partial charge in [-0.3, -0.25) is 0 Å². The number of para-hydroxylation sites is 1. The van der Waals surface area contributed by atoms with Crippen molar-refractivity contribution in [3.63, 3.8) is 0 Å². The number of fused-ring (bicyclic) bond motifs is 1. The highest BCUT2D eigenvalue weighted by Crippen LogP contribution is 2.27. The van der Waals surface area contributed by atoms with Gasteiger partial charge in [0.2, 0.25) is 5.95 Å². The lowest BCUT2D eigenvalue weighted by Gasteiger charge is -2.29. The van der Waals surface area contributed by atoms with Gasteiger partial charge < -0.3 is 10.2 Å². The van der Waals surface area contributed by atoms with Gasteiger partial charge in [-0.2, -0.15) is 4.98 Å². The van der Waals surface area contributed by atoms with E-state index < -0.39 is 0 Å². The van der Waals surface area contributed by atoms with Crippen LogP contribution >= 0.6 is 0 Å². The van der Waals surface area contributed by atoms with Crippen molar-refractivity contribution < 1.29 is 0 Å². The van der Waals surface area contributed by atoms with E-state index in [4.69, 9.17) is 4.98 Å². The average molecular weight is 286 g/mol. The summed E-state index contributed by atoms with van der Waals surface area (Å²) in [5, 5.41) is 4.44. The molecule has 1 aromatic carbocycles. The van der Waals surface area contributed by atoms with E-state index in [0.29, 0.717) is 6.04 Å². The fraction of sp³-hybridized carbons (Fsp3) is 0.529. The molecule has 1 aromatic heterocycles. The minimum Gasteiger partial charge on any atom is -0.354 e. The Kier molecular flexibility index (Phi) is 5.37. The molecule has 0 aliphatic carbocycles. The standard InChI is InChI=1S/C17H26N4/c1-5-12-18-17-19-15-11-9-8-10-14(15)16(20-17)21(7-3)13(4)6-2/h8-11,13H,5-7,12H2,1-4H3,(H,18,19,20). The van der Waals surface area contributed by atoms with Gasteiger partial charge in [0, 0.05) is 24.5 Å². The SMILES string of the molecule is CCCNc1nc(N(CC)C(C)CC)c2ccccc2n1. The summed E-state index contributed by atoms with van der Waals surface area (Å²) in [5.41, 5.74) is 1.00. The molecule has 0 amide bonds. The maximum Gasteiger partial charge on any atom is 0.225 e. The van der Waals surface area contributed by atoms with Gasteiger partial charge in [0.25, 0.3) is 0 Å². The van der Waals surface area contributed by atoms with Crippen LogP contribution in [-0.2, 0) is 0 Å². The molecule has 0 aliphatic heterocycles. The van der Waals surface area contributed by atoms with Crippen LogP contribution in [0.4, 0.5) is 11.8 Å². The molecule has 0 saturated heterocycles. The van der Waals surface area contributed by atoms with E-state index in [1.807, 2.05) is 6.07 Å². The van der Waals surface area contributed by atoms with Crippen LogP contribution in [0.5, 0.6) is 0 Å². The summed E-state index contributed by atoms with van der Waals surface area (Å²) in [6.45, 7) is 10.6. The van der Waals surface area contributed by atoms with Crippen molar-refractivity contribution >= 4 is 22.7 Å². The van der Waals surface area contributed by atoms with Crippen LogP contribution in [0.25, 0.3) is 10.9 Å². The maximum absolute atomic E-state index is 4.78. The van der Waals surface area contributed by atoms with Crippen molar-refractivity contribution in [1.29, 1.82) is 0 Å². The molecule has 1 heterocycles. The zero-order valence-electron chi connectivity index (χ0n) is 13.6. The fourth-order valence-corrected chi connectivity index (χ4v) is 2.49. The summed E-state index contributed by atoms with van der Waals surface area (Å²) < 4.78 is 0. The third kappa shape index (κ3) is 3.43. The Hall–Kier alpha value is -1.84. The predicted octanol–water partition coefficient (Wildman–Crippen LogP) is 4.08. The highest BCUT2D eigenvalue weighted by atomic mass is 15.2. The number of nitrogens with one attached hydrogen (secondary N) is 1. The van der Waals surface area contributed by atoms with Gasteiger partial charge in [0.15, 0.2) is 0 Å². The predicted molar refractivity (Wildman–Crippen MR) is 91.1 cm³/mol. The van der Waals surface area contributed by atoms with Crippen LogP contribution in [0.15, 0.2) is 24.3 Å². The zero-order valence-corrected chi connectivity index (χ0v) is 13.6. The van der Waals surface area contributed by atoms with Crippen LogP contribution in [0.1, 0.15) is 40.5 Å². The Morgan fingerprint density at radius 2 is 1.90 bits per heavy atom. The molecule has 4 nitrogen and oxygen atoms in total. The van der Waals surface area contributed by atoms with Crippen LogP contribution in [-0.4, -0.2) is 29.1 Å². The van der Waals surface area contributed by atoms with E-state index in [2.05, 4.69) is 61.1 Å². The molecule has 0 bridgehead atoms. The second-order valence-electron chi connectivity index (χ2n) is 5.36. The fourth-order valence-electron chi connectivity index (χ4n) is 2.49. The lowest BCUT2D eigenvalue weighted by atomic mass is 10.1. The number of hydrogen-bond acceptors (Lipinski definition) is 4. The first kappa shape index (κ1) is 15.5. The molecule has 21 heavy (non-hydrogen) atoms. The Morgan fingerprint density at radius 1 is 1.14 bits per heavy atom. The van der Waals surface area contributed by atoms with E-state index in [9.17, 15) is 0 Å². The average Bonchev–Trinajstić information content (AvgIpc) is 2.53. The summed E-state index contributed by atoms with van der Waals surface area (Å²) >= 11 is 0. The van der Waals surface area contributed by atoms with Gasteiger partial charge in [-0.15, -0.1) is 0 Å². The van der Waals surface area contributed by atoms with Gasteiger partial charge in [-0.05, 0) is 38.8 Å². The second kappa shape index (κ2) is 7.25. The van der Waals surface area contributed by atoms with Gasteiger partial charge >= 0.3 is 0 Å². The Bertz CT molecular complexity index is 582. The molecule has 0 fully saturated rings. The molecule has 0 radical (unpaired) electrons. The molecule has 0 aliphatic rings. The van der Waals surface area contributed by atoms with E-state index in [0.717, 1.165) is 48.6 Å². The van der Waals surface area contributed by atoms with E-state index in [-0.39, 0.29) is 0 Å². The van der Waals surface area contributed by atoms with Crippen LogP contribution in [0, 0.1) is 0 Å². The number of hydrogen-bond donors (Lipinski definition) is 1. The van der Waals surface area contributed by atoms with Gasteiger partial charge in [0.1, 0.15) is 5.82 Å². The lowest BCUT2D eigenvalue weighted by molar-refractivity contribution is 0.625. The number of benzene rings is 1. The summed E-state index contributed by atoms with van der Waals surface area (Å²) in [4.78, 5) is 11.8.